The minimum Gasteiger partial charge on any atom is -0.368 e. The molecular formula is C16H15N5O3. The Kier molecular flexibility index (Phi) is 5.41. The molecule has 1 aromatic heterocycles. The Bertz CT molecular complexity index is 796. The Balaban J connectivity index is 1.91. The Hall–Kier alpha value is -3.47. The van der Waals surface area contributed by atoms with E-state index in [1.54, 1.807) is 31.2 Å². The number of anilines is 1. The number of nitrogens with zero attached hydrogens (tertiary/aromatic N) is 3. The molecule has 0 saturated carbocycles. The summed E-state index contributed by atoms with van der Waals surface area (Å²) in [5.41, 5.74) is 0.751. The highest BCUT2D eigenvalue weighted by molar-refractivity contribution is 5.98. The van der Waals surface area contributed by atoms with Gasteiger partial charge in [-0.05, 0) is 25.1 Å². The molecule has 0 aliphatic rings. The Morgan fingerprint density at radius 1 is 1.33 bits per heavy atom. The molecule has 1 heterocycles. The number of hydrogen-bond donors (Lipinski definition) is 2. The van der Waals surface area contributed by atoms with Crippen molar-refractivity contribution >= 4 is 17.4 Å². The van der Waals surface area contributed by atoms with Gasteiger partial charge in [-0.1, -0.05) is 12.1 Å². The third kappa shape index (κ3) is 4.04. The number of benzene rings is 1. The summed E-state index contributed by atoms with van der Waals surface area (Å²) in [5, 5.41) is 25.4. The van der Waals surface area contributed by atoms with Gasteiger partial charge in [0.25, 0.3) is 11.6 Å². The second kappa shape index (κ2) is 7.69. The van der Waals surface area contributed by atoms with Gasteiger partial charge in [0.15, 0.2) is 0 Å². The van der Waals surface area contributed by atoms with E-state index in [-0.39, 0.29) is 17.8 Å². The van der Waals surface area contributed by atoms with E-state index >= 15 is 0 Å². The SMILES string of the molecule is Cc1cccc(C(=O)NCCNc2ccc(C#N)cn2)c1[N+](=O)[O-]. The van der Waals surface area contributed by atoms with E-state index in [1.807, 2.05) is 6.07 Å². The number of nitriles is 1. The maximum absolute atomic E-state index is 12.1. The molecule has 0 radical (unpaired) electrons. The van der Waals surface area contributed by atoms with Gasteiger partial charge in [-0.2, -0.15) is 5.26 Å². The number of pyridine rings is 1. The van der Waals surface area contributed by atoms with Crippen LogP contribution < -0.4 is 10.6 Å². The van der Waals surface area contributed by atoms with Crippen LogP contribution in [0.5, 0.6) is 0 Å². The predicted molar refractivity (Wildman–Crippen MR) is 87.6 cm³/mol. The highest BCUT2D eigenvalue weighted by atomic mass is 16.6. The van der Waals surface area contributed by atoms with E-state index in [9.17, 15) is 14.9 Å². The van der Waals surface area contributed by atoms with Crippen LogP contribution in [0.4, 0.5) is 11.5 Å². The number of nitro groups is 1. The standard InChI is InChI=1S/C16H15N5O3/c1-11-3-2-4-13(15(11)21(23)24)16(22)19-8-7-18-14-6-5-12(9-17)10-20-14/h2-6,10H,7-8H2,1H3,(H,18,20)(H,19,22). The van der Waals surface area contributed by atoms with Gasteiger partial charge in [0.05, 0.1) is 10.5 Å². The van der Waals surface area contributed by atoms with Crippen molar-refractivity contribution in [3.05, 3.63) is 63.3 Å². The zero-order valence-electron chi connectivity index (χ0n) is 12.9. The molecule has 2 rings (SSSR count). The second-order valence-electron chi connectivity index (χ2n) is 4.95. The first-order valence-corrected chi connectivity index (χ1v) is 7.15. The highest BCUT2D eigenvalue weighted by Crippen LogP contribution is 2.22. The van der Waals surface area contributed by atoms with E-state index in [1.165, 1.54) is 12.3 Å². The molecule has 8 nitrogen and oxygen atoms in total. The molecule has 1 amide bonds. The predicted octanol–water partition coefficient (Wildman–Crippen LogP) is 2.01. The molecule has 2 aromatic rings. The van der Waals surface area contributed by atoms with E-state index in [0.717, 1.165) is 0 Å². The highest BCUT2D eigenvalue weighted by Gasteiger charge is 2.21. The summed E-state index contributed by atoms with van der Waals surface area (Å²) >= 11 is 0. The molecule has 122 valence electrons. The lowest BCUT2D eigenvalue weighted by Gasteiger charge is -2.08. The van der Waals surface area contributed by atoms with Crippen molar-refractivity contribution in [1.82, 2.24) is 10.3 Å². The largest absolute Gasteiger partial charge is 0.368 e. The number of nitro benzene ring substituents is 1. The van der Waals surface area contributed by atoms with Gasteiger partial charge in [0.2, 0.25) is 0 Å². The smallest absolute Gasteiger partial charge is 0.285 e. The van der Waals surface area contributed by atoms with E-state index in [0.29, 0.717) is 23.5 Å². The normalized spacial score (nSPS) is 9.83. The molecule has 0 aliphatic carbocycles. The second-order valence-corrected chi connectivity index (χ2v) is 4.95. The van der Waals surface area contributed by atoms with Crippen LogP contribution in [-0.2, 0) is 0 Å². The van der Waals surface area contributed by atoms with Crippen LogP contribution in [0.15, 0.2) is 36.5 Å². The molecule has 0 spiro atoms. The van der Waals surface area contributed by atoms with E-state index in [2.05, 4.69) is 15.6 Å². The van der Waals surface area contributed by atoms with Crippen molar-refractivity contribution in [3.8, 4) is 6.07 Å². The molecule has 2 N–H and O–H groups in total. The number of hydrogen-bond acceptors (Lipinski definition) is 6. The minimum atomic E-state index is -0.552. The lowest BCUT2D eigenvalue weighted by Crippen LogP contribution is -2.29. The first-order chi connectivity index (χ1) is 11.5. The monoisotopic (exact) mass is 325 g/mol. The van der Waals surface area contributed by atoms with Crippen molar-refractivity contribution in [1.29, 1.82) is 5.26 Å². The molecule has 0 saturated heterocycles. The van der Waals surface area contributed by atoms with Crippen molar-refractivity contribution < 1.29 is 9.72 Å². The first-order valence-electron chi connectivity index (χ1n) is 7.15. The average molecular weight is 325 g/mol. The van der Waals surface area contributed by atoms with Gasteiger partial charge in [-0.3, -0.25) is 14.9 Å². The number of aromatic nitrogens is 1. The number of carbonyl (C=O) groups is 1. The summed E-state index contributed by atoms with van der Waals surface area (Å²) in [6.45, 7) is 2.25. The van der Waals surface area contributed by atoms with Crippen LogP contribution in [0.1, 0.15) is 21.5 Å². The van der Waals surface area contributed by atoms with Crippen LogP contribution >= 0.6 is 0 Å². The lowest BCUT2D eigenvalue weighted by atomic mass is 10.1. The minimum absolute atomic E-state index is 0.0384. The molecule has 0 aliphatic heterocycles. The maximum atomic E-state index is 12.1. The number of amides is 1. The number of carbonyl (C=O) groups excluding carboxylic acids is 1. The van der Waals surface area contributed by atoms with Crippen molar-refractivity contribution in [3.63, 3.8) is 0 Å². The van der Waals surface area contributed by atoms with Crippen molar-refractivity contribution in [2.75, 3.05) is 18.4 Å². The van der Waals surface area contributed by atoms with E-state index in [4.69, 9.17) is 5.26 Å². The van der Waals surface area contributed by atoms with Crippen molar-refractivity contribution in [2.45, 2.75) is 6.92 Å². The fraction of sp³-hybridized carbons (Fsp3) is 0.188. The fourth-order valence-corrected chi connectivity index (χ4v) is 2.11. The van der Waals surface area contributed by atoms with Crippen LogP contribution in [-0.4, -0.2) is 28.9 Å². The summed E-state index contributed by atoms with van der Waals surface area (Å²) in [7, 11) is 0. The van der Waals surface area contributed by atoms with Crippen molar-refractivity contribution in [2.24, 2.45) is 0 Å². The number of para-hydroxylation sites is 1. The van der Waals surface area contributed by atoms with E-state index < -0.39 is 10.8 Å². The quantitative estimate of drug-likeness (QED) is 0.476. The summed E-state index contributed by atoms with van der Waals surface area (Å²) in [5.74, 6) is 0.0739. The van der Waals surface area contributed by atoms with Gasteiger partial charge in [0, 0.05) is 24.8 Å². The van der Waals surface area contributed by atoms with Crippen LogP contribution in [0.2, 0.25) is 0 Å². The number of rotatable bonds is 6. The first kappa shape index (κ1) is 16.9. The molecular weight excluding hydrogens is 310 g/mol. The molecule has 8 heteroatoms. The molecule has 1 aromatic carbocycles. The molecule has 0 fully saturated rings. The third-order valence-corrected chi connectivity index (χ3v) is 3.27. The molecule has 0 atom stereocenters. The average Bonchev–Trinajstić information content (AvgIpc) is 2.58. The van der Waals surface area contributed by atoms with Crippen LogP contribution in [0.3, 0.4) is 0 Å². The summed E-state index contributed by atoms with van der Waals surface area (Å²) in [6.07, 6.45) is 1.44. The Labute approximate surface area is 138 Å². The van der Waals surface area contributed by atoms with Gasteiger partial charge in [-0.25, -0.2) is 4.98 Å². The fourth-order valence-electron chi connectivity index (χ4n) is 2.11. The Morgan fingerprint density at radius 2 is 2.12 bits per heavy atom. The third-order valence-electron chi connectivity index (χ3n) is 3.27. The lowest BCUT2D eigenvalue weighted by molar-refractivity contribution is -0.385. The Morgan fingerprint density at radius 3 is 2.75 bits per heavy atom. The number of nitrogens with one attached hydrogen (secondary N) is 2. The molecule has 24 heavy (non-hydrogen) atoms. The number of aryl methyl sites for hydroxylation is 1. The summed E-state index contributed by atoms with van der Waals surface area (Å²) in [4.78, 5) is 26.7. The maximum Gasteiger partial charge on any atom is 0.285 e. The van der Waals surface area contributed by atoms with Gasteiger partial charge in [0.1, 0.15) is 17.5 Å². The summed E-state index contributed by atoms with van der Waals surface area (Å²) < 4.78 is 0. The zero-order chi connectivity index (χ0) is 17.5. The van der Waals surface area contributed by atoms with Crippen LogP contribution in [0.25, 0.3) is 0 Å². The van der Waals surface area contributed by atoms with Gasteiger partial charge >= 0.3 is 0 Å². The topological polar surface area (TPSA) is 121 Å². The van der Waals surface area contributed by atoms with Gasteiger partial charge in [-0.15, -0.1) is 0 Å². The van der Waals surface area contributed by atoms with Gasteiger partial charge < -0.3 is 10.6 Å². The van der Waals surface area contributed by atoms with Crippen LogP contribution in [0, 0.1) is 28.4 Å². The summed E-state index contributed by atoms with van der Waals surface area (Å²) in [6, 6.07) is 9.88. The molecule has 0 bridgehead atoms. The zero-order valence-corrected chi connectivity index (χ0v) is 12.9. The molecule has 0 unspecified atom stereocenters.